The minimum atomic E-state index is -1.18. The van der Waals surface area contributed by atoms with Gasteiger partial charge in [0, 0.05) is 17.3 Å². The van der Waals surface area contributed by atoms with E-state index < -0.39 is 23.1 Å². The fourth-order valence-corrected chi connectivity index (χ4v) is 5.77. The highest BCUT2D eigenvalue weighted by Crippen LogP contribution is 2.38. The Morgan fingerprint density at radius 1 is 0.950 bits per heavy atom. The summed E-state index contributed by atoms with van der Waals surface area (Å²) >= 11 is 6.52. The smallest absolute Gasteiger partial charge is 0.299 e. The number of halogens is 1. The van der Waals surface area contributed by atoms with Crippen molar-refractivity contribution in [3.8, 4) is 5.75 Å². The van der Waals surface area contributed by atoms with Crippen LogP contribution in [0.5, 0.6) is 5.75 Å². The van der Waals surface area contributed by atoms with Crippen LogP contribution in [0.2, 0.25) is 5.02 Å². The molecular formula is C31H30ClN3O5. The number of para-hydroxylation sites is 1. The summed E-state index contributed by atoms with van der Waals surface area (Å²) in [5.41, 5.74) is 0.742. The van der Waals surface area contributed by atoms with Crippen LogP contribution >= 0.6 is 11.6 Å². The van der Waals surface area contributed by atoms with E-state index in [0.717, 1.165) is 19.3 Å². The van der Waals surface area contributed by atoms with Crippen LogP contribution in [0.1, 0.15) is 48.0 Å². The van der Waals surface area contributed by atoms with Gasteiger partial charge in [-0.3, -0.25) is 24.1 Å². The average Bonchev–Trinajstić information content (AvgIpc) is 3.22. The molecule has 2 aliphatic rings. The average molecular weight is 560 g/mol. The Bertz CT molecular complexity index is 1450. The number of nitrogens with zero attached hydrogens (tertiary/aromatic N) is 2. The molecule has 3 aromatic carbocycles. The molecule has 0 aromatic heterocycles. The van der Waals surface area contributed by atoms with E-state index in [9.17, 15) is 19.2 Å². The molecule has 0 atom stereocenters. The van der Waals surface area contributed by atoms with Gasteiger partial charge in [0.25, 0.3) is 11.7 Å². The highest BCUT2D eigenvalue weighted by molar-refractivity contribution is 6.52. The molecule has 40 heavy (non-hydrogen) atoms. The van der Waals surface area contributed by atoms with Crippen molar-refractivity contribution in [2.24, 2.45) is 0 Å². The summed E-state index contributed by atoms with van der Waals surface area (Å²) in [7, 11) is 1.57. The molecular weight excluding hydrogens is 530 g/mol. The van der Waals surface area contributed by atoms with Crippen molar-refractivity contribution in [3.05, 3.63) is 88.9 Å². The predicted octanol–water partition coefficient (Wildman–Crippen LogP) is 5.25. The molecule has 0 bridgehead atoms. The first-order valence-corrected chi connectivity index (χ1v) is 13.7. The first kappa shape index (κ1) is 27.4. The van der Waals surface area contributed by atoms with Gasteiger partial charge in [0.1, 0.15) is 17.8 Å². The second-order valence-electron chi connectivity index (χ2n) is 10.1. The van der Waals surface area contributed by atoms with Gasteiger partial charge < -0.3 is 15.0 Å². The number of ketones is 1. The van der Waals surface area contributed by atoms with Gasteiger partial charge in [-0.15, -0.1) is 0 Å². The third-order valence-corrected chi connectivity index (χ3v) is 8.10. The van der Waals surface area contributed by atoms with E-state index in [-0.39, 0.29) is 24.6 Å². The summed E-state index contributed by atoms with van der Waals surface area (Å²) in [5.74, 6) is -1.49. The van der Waals surface area contributed by atoms with Gasteiger partial charge >= 0.3 is 0 Å². The van der Waals surface area contributed by atoms with Crippen molar-refractivity contribution in [2.75, 3.05) is 23.9 Å². The maximum atomic E-state index is 14.2. The highest BCUT2D eigenvalue weighted by Gasteiger charge is 2.48. The Morgan fingerprint density at radius 2 is 1.62 bits per heavy atom. The number of anilines is 2. The predicted molar refractivity (Wildman–Crippen MR) is 153 cm³/mol. The molecule has 206 valence electrons. The van der Waals surface area contributed by atoms with Crippen LogP contribution in [0.15, 0.2) is 72.8 Å². The monoisotopic (exact) mass is 559 g/mol. The molecule has 0 saturated heterocycles. The van der Waals surface area contributed by atoms with Gasteiger partial charge in [-0.1, -0.05) is 61.2 Å². The van der Waals surface area contributed by atoms with Crippen LogP contribution in [0.4, 0.5) is 11.4 Å². The zero-order chi connectivity index (χ0) is 28.3. The van der Waals surface area contributed by atoms with E-state index >= 15 is 0 Å². The Hall–Kier alpha value is -4.17. The van der Waals surface area contributed by atoms with E-state index in [2.05, 4.69) is 5.32 Å². The first-order valence-electron chi connectivity index (χ1n) is 13.3. The zero-order valence-electron chi connectivity index (χ0n) is 22.2. The van der Waals surface area contributed by atoms with E-state index in [4.69, 9.17) is 16.3 Å². The van der Waals surface area contributed by atoms with Crippen LogP contribution < -0.4 is 15.0 Å². The minimum absolute atomic E-state index is 0.0756. The van der Waals surface area contributed by atoms with E-state index in [1.165, 1.54) is 4.90 Å². The number of nitrogens with one attached hydrogen (secondary N) is 1. The Kier molecular flexibility index (Phi) is 7.89. The maximum Gasteiger partial charge on any atom is 0.299 e. The number of benzene rings is 3. The third-order valence-electron chi connectivity index (χ3n) is 7.73. The second kappa shape index (κ2) is 11.5. The first-order chi connectivity index (χ1) is 19.3. The summed E-state index contributed by atoms with van der Waals surface area (Å²) in [6.45, 7) is -0.296. The Morgan fingerprint density at radius 3 is 2.33 bits per heavy atom. The summed E-state index contributed by atoms with van der Waals surface area (Å²) in [6, 6.07) is 20.8. The largest absolute Gasteiger partial charge is 0.497 e. The van der Waals surface area contributed by atoms with Crippen molar-refractivity contribution in [1.29, 1.82) is 0 Å². The van der Waals surface area contributed by atoms with Crippen LogP contribution in [0.3, 0.4) is 0 Å². The zero-order valence-corrected chi connectivity index (χ0v) is 22.9. The van der Waals surface area contributed by atoms with E-state index in [0.29, 0.717) is 40.6 Å². The molecule has 1 fully saturated rings. The van der Waals surface area contributed by atoms with Crippen molar-refractivity contribution >= 4 is 46.5 Å². The Labute approximate surface area is 237 Å². The lowest BCUT2D eigenvalue weighted by Crippen LogP contribution is -2.61. The number of rotatable bonds is 8. The molecule has 0 unspecified atom stereocenters. The van der Waals surface area contributed by atoms with Crippen LogP contribution in [0.25, 0.3) is 0 Å². The number of carbonyl (C=O) groups excluding carboxylic acids is 4. The fraction of sp³-hybridized carbons (Fsp3) is 0.290. The van der Waals surface area contributed by atoms with Crippen LogP contribution in [0, 0.1) is 0 Å². The molecule has 1 aliphatic heterocycles. The topological polar surface area (TPSA) is 96.0 Å². The number of Topliss-reactive ketones (excluding diaryl/α,β-unsaturated/α-hetero) is 1. The van der Waals surface area contributed by atoms with Gasteiger partial charge in [-0.25, -0.2) is 0 Å². The number of fused-ring (bicyclic) bond motifs is 1. The van der Waals surface area contributed by atoms with Crippen molar-refractivity contribution in [1.82, 2.24) is 4.90 Å². The summed E-state index contributed by atoms with van der Waals surface area (Å²) in [5, 5.41) is 3.48. The summed E-state index contributed by atoms with van der Waals surface area (Å²) in [4.78, 5) is 56.6. The molecule has 5 rings (SSSR count). The molecule has 0 spiro atoms. The number of hydrogen-bond donors (Lipinski definition) is 1. The summed E-state index contributed by atoms with van der Waals surface area (Å²) < 4.78 is 5.23. The highest BCUT2D eigenvalue weighted by atomic mass is 35.5. The molecule has 3 aromatic rings. The molecule has 1 saturated carbocycles. The van der Waals surface area contributed by atoms with Crippen molar-refractivity contribution < 1.29 is 23.9 Å². The van der Waals surface area contributed by atoms with Gasteiger partial charge in [0.15, 0.2) is 0 Å². The minimum Gasteiger partial charge on any atom is -0.497 e. The van der Waals surface area contributed by atoms with Crippen LogP contribution in [-0.2, 0) is 20.9 Å². The molecule has 1 heterocycles. The lowest BCUT2D eigenvalue weighted by atomic mass is 9.78. The quantitative estimate of drug-likeness (QED) is 0.380. The van der Waals surface area contributed by atoms with Crippen molar-refractivity contribution in [3.63, 3.8) is 0 Å². The van der Waals surface area contributed by atoms with Crippen LogP contribution in [-0.4, -0.2) is 47.6 Å². The standard InChI is InChI=1S/C31H30ClN3O5/c1-40-23-15-13-22(14-16-23)33-30(39)31(17-7-2-8-18-31)35(19-21-9-3-5-11-25(21)32)27(36)20-34-26-12-6-4-10-24(26)28(37)29(34)38/h3-6,9-16H,2,7-8,17-20H2,1H3,(H,33,39). The number of methoxy groups -OCH3 is 1. The number of carbonyl (C=O) groups is 4. The third kappa shape index (κ3) is 5.19. The molecule has 3 amide bonds. The molecule has 1 N–H and O–H groups in total. The lowest BCUT2D eigenvalue weighted by molar-refractivity contribution is -0.148. The number of amides is 3. The fourth-order valence-electron chi connectivity index (χ4n) is 5.58. The van der Waals surface area contributed by atoms with Crippen molar-refractivity contribution in [2.45, 2.75) is 44.2 Å². The SMILES string of the molecule is COc1ccc(NC(=O)C2(N(Cc3ccccc3Cl)C(=O)CN3C(=O)C(=O)c4ccccc43)CCCCC2)cc1. The number of ether oxygens (including phenoxy) is 1. The lowest BCUT2D eigenvalue weighted by Gasteiger charge is -2.45. The Balaban J connectivity index is 1.51. The summed E-state index contributed by atoms with van der Waals surface area (Å²) in [6.07, 6.45) is 3.36. The maximum absolute atomic E-state index is 14.2. The molecule has 1 aliphatic carbocycles. The molecule has 0 radical (unpaired) electrons. The second-order valence-corrected chi connectivity index (χ2v) is 10.5. The van der Waals surface area contributed by atoms with Gasteiger partial charge in [-0.2, -0.15) is 0 Å². The molecule has 9 heteroatoms. The van der Waals surface area contributed by atoms with Gasteiger partial charge in [0.05, 0.1) is 18.4 Å². The van der Waals surface area contributed by atoms with Gasteiger partial charge in [0.2, 0.25) is 11.8 Å². The van der Waals surface area contributed by atoms with E-state index in [1.54, 1.807) is 72.7 Å². The van der Waals surface area contributed by atoms with E-state index in [1.807, 2.05) is 12.1 Å². The normalized spacial score (nSPS) is 15.9. The molecule has 8 nitrogen and oxygen atoms in total. The van der Waals surface area contributed by atoms with Gasteiger partial charge in [-0.05, 0) is 60.9 Å². The number of hydrogen-bond acceptors (Lipinski definition) is 5.